The van der Waals surface area contributed by atoms with Crippen LogP contribution in [0.5, 0.6) is 0 Å². The molecular formula is C16H19Cl2NO3S. The number of halogens is 2. The van der Waals surface area contributed by atoms with Crippen LogP contribution < -0.4 is 0 Å². The molecule has 1 aliphatic heterocycles. The number of rotatable bonds is 5. The van der Waals surface area contributed by atoms with Crippen molar-refractivity contribution in [1.82, 2.24) is 4.90 Å². The molecule has 2 rings (SSSR count). The Morgan fingerprint density at radius 1 is 1.26 bits per heavy atom. The molecule has 1 aromatic rings. The number of esters is 1. The molecule has 0 radical (unpaired) electrons. The molecule has 1 heterocycles. The van der Waals surface area contributed by atoms with Crippen molar-refractivity contribution in [2.24, 2.45) is 5.92 Å². The van der Waals surface area contributed by atoms with Gasteiger partial charge in [-0.25, -0.2) is 0 Å². The van der Waals surface area contributed by atoms with Gasteiger partial charge in [-0.2, -0.15) is 0 Å². The van der Waals surface area contributed by atoms with E-state index in [0.29, 0.717) is 42.6 Å². The van der Waals surface area contributed by atoms with E-state index in [4.69, 9.17) is 27.9 Å². The largest absolute Gasteiger partial charge is 0.466 e. The first kappa shape index (κ1) is 18.4. The number of ether oxygens (including phenoxy) is 1. The average molecular weight is 376 g/mol. The monoisotopic (exact) mass is 375 g/mol. The Balaban J connectivity index is 1.83. The van der Waals surface area contributed by atoms with Crippen molar-refractivity contribution >= 4 is 46.8 Å². The first-order chi connectivity index (χ1) is 11.0. The van der Waals surface area contributed by atoms with Gasteiger partial charge in [0.1, 0.15) is 0 Å². The zero-order valence-electron chi connectivity index (χ0n) is 12.9. The van der Waals surface area contributed by atoms with Gasteiger partial charge in [-0.3, -0.25) is 9.59 Å². The summed E-state index contributed by atoms with van der Waals surface area (Å²) >= 11 is 13.5. The van der Waals surface area contributed by atoms with Crippen LogP contribution >= 0.6 is 35.0 Å². The zero-order valence-corrected chi connectivity index (χ0v) is 15.2. The lowest BCUT2D eigenvalue weighted by atomic mass is 9.97. The van der Waals surface area contributed by atoms with Gasteiger partial charge in [0.2, 0.25) is 5.91 Å². The van der Waals surface area contributed by atoms with E-state index in [2.05, 4.69) is 0 Å². The maximum atomic E-state index is 12.3. The molecule has 0 aliphatic carbocycles. The molecule has 1 fully saturated rings. The smallest absolute Gasteiger partial charge is 0.309 e. The molecule has 7 heteroatoms. The van der Waals surface area contributed by atoms with E-state index in [1.165, 1.54) is 11.8 Å². The number of piperidine rings is 1. The fourth-order valence-electron chi connectivity index (χ4n) is 2.47. The number of nitrogens with zero attached hydrogens (tertiary/aromatic N) is 1. The minimum Gasteiger partial charge on any atom is -0.466 e. The summed E-state index contributed by atoms with van der Waals surface area (Å²) in [6.45, 7) is 3.36. The molecule has 0 unspecified atom stereocenters. The Hall–Kier alpha value is -0.910. The van der Waals surface area contributed by atoms with Crippen LogP contribution in [0, 0.1) is 5.92 Å². The minimum absolute atomic E-state index is 0.0355. The van der Waals surface area contributed by atoms with Crippen LogP contribution in [0.25, 0.3) is 0 Å². The second-order valence-corrected chi connectivity index (χ2v) is 7.05. The molecule has 23 heavy (non-hydrogen) atoms. The summed E-state index contributed by atoms with van der Waals surface area (Å²) in [6.07, 6.45) is 1.31. The molecule has 0 bridgehead atoms. The third-order valence-corrected chi connectivity index (χ3v) is 5.70. The van der Waals surface area contributed by atoms with Crippen LogP contribution in [-0.4, -0.2) is 42.2 Å². The summed E-state index contributed by atoms with van der Waals surface area (Å²) in [5.41, 5.74) is 0. The predicted octanol–water partition coefficient (Wildman–Crippen LogP) is 3.89. The fraction of sp³-hybridized carbons (Fsp3) is 0.500. The van der Waals surface area contributed by atoms with Crippen molar-refractivity contribution in [3.8, 4) is 0 Å². The van der Waals surface area contributed by atoms with Crippen LogP contribution in [0.2, 0.25) is 10.0 Å². The minimum atomic E-state index is -0.156. The first-order valence-electron chi connectivity index (χ1n) is 7.54. The summed E-state index contributed by atoms with van der Waals surface area (Å²) < 4.78 is 5.03. The van der Waals surface area contributed by atoms with E-state index >= 15 is 0 Å². The lowest BCUT2D eigenvalue weighted by Crippen LogP contribution is -2.41. The number of carbonyl (C=O) groups excluding carboxylic acids is 2. The normalized spacial score (nSPS) is 15.5. The van der Waals surface area contributed by atoms with Gasteiger partial charge < -0.3 is 9.64 Å². The van der Waals surface area contributed by atoms with E-state index in [0.717, 1.165) is 4.90 Å². The molecule has 126 valence electrons. The topological polar surface area (TPSA) is 46.6 Å². The number of hydrogen-bond donors (Lipinski definition) is 0. The van der Waals surface area contributed by atoms with Gasteiger partial charge in [-0.1, -0.05) is 29.3 Å². The Labute approximate surface area is 150 Å². The number of carbonyl (C=O) groups is 2. The van der Waals surface area contributed by atoms with Gasteiger partial charge in [0, 0.05) is 18.0 Å². The molecule has 1 aromatic carbocycles. The molecule has 0 atom stereocenters. The van der Waals surface area contributed by atoms with Crippen LogP contribution in [0.15, 0.2) is 23.1 Å². The summed E-state index contributed by atoms with van der Waals surface area (Å²) in [5, 5.41) is 1.10. The quantitative estimate of drug-likeness (QED) is 0.578. The number of benzene rings is 1. The van der Waals surface area contributed by atoms with Crippen molar-refractivity contribution in [3.63, 3.8) is 0 Å². The van der Waals surface area contributed by atoms with E-state index in [-0.39, 0.29) is 23.5 Å². The molecule has 1 aliphatic rings. The molecule has 0 spiro atoms. The highest BCUT2D eigenvalue weighted by Gasteiger charge is 2.28. The van der Waals surface area contributed by atoms with Crippen molar-refractivity contribution in [2.75, 3.05) is 25.4 Å². The Kier molecular flexibility index (Phi) is 7.06. The van der Waals surface area contributed by atoms with Gasteiger partial charge in [-0.05, 0) is 31.9 Å². The lowest BCUT2D eigenvalue weighted by molar-refractivity contribution is -0.151. The van der Waals surface area contributed by atoms with Gasteiger partial charge >= 0.3 is 5.97 Å². The maximum Gasteiger partial charge on any atom is 0.309 e. The number of thioether (sulfide) groups is 1. The number of amides is 1. The molecule has 0 N–H and O–H groups in total. The van der Waals surface area contributed by atoms with Crippen molar-refractivity contribution in [2.45, 2.75) is 24.7 Å². The highest BCUT2D eigenvalue weighted by atomic mass is 35.5. The molecule has 0 saturated carbocycles. The summed E-state index contributed by atoms with van der Waals surface area (Å²) in [6, 6.07) is 5.28. The fourth-order valence-corrected chi connectivity index (χ4v) is 4.06. The molecule has 1 saturated heterocycles. The number of likely N-dealkylation sites (tertiary alicyclic amines) is 1. The Bertz CT molecular complexity index is 554. The first-order valence-corrected chi connectivity index (χ1v) is 9.28. The van der Waals surface area contributed by atoms with E-state index in [1.54, 1.807) is 30.0 Å². The highest BCUT2D eigenvalue weighted by molar-refractivity contribution is 8.00. The lowest BCUT2D eigenvalue weighted by Gasteiger charge is -2.30. The van der Waals surface area contributed by atoms with Crippen molar-refractivity contribution < 1.29 is 14.3 Å². The third-order valence-electron chi connectivity index (χ3n) is 3.73. The predicted molar refractivity (Wildman–Crippen MR) is 93.1 cm³/mol. The molecule has 4 nitrogen and oxygen atoms in total. The Morgan fingerprint density at radius 3 is 2.43 bits per heavy atom. The van der Waals surface area contributed by atoms with Gasteiger partial charge in [-0.15, -0.1) is 11.8 Å². The standard InChI is InChI=1S/C16H19Cl2NO3S/c1-2-22-16(21)11-6-8-19(9-7-11)14(20)10-23-15-12(17)4-3-5-13(15)18/h3-5,11H,2,6-10H2,1H3. The Morgan fingerprint density at radius 2 is 1.87 bits per heavy atom. The molecule has 1 amide bonds. The third kappa shape index (κ3) is 5.03. The van der Waals surface area contributed by atoms with E-state index < -0.39 is 0 Å². The van der Waals surface area contributed by atoms with Gasteiger partial charge in [0.15, 0.2) is 0 Å². The molecule has 0 aromatic heterocycles. The maximum absolute atomic E-state index is 12.3. The van der Waals surface area contributed by atoms with Crippen molar-refractivity contribution in [1.29, 1.82) is 0 Å². The average Bonchev–Trinajstić information content (AvgIpc) is 2.54. The van der Waals surface area contributed by atoms with Crippen LogP contribution in [0.1, 0.15) is 19.8 Å². The summed E-state index contributed by atoms with van der Waals surface area (Å²) in [5.74, 6) is 0.0721. The van der Waals surface area contributed by atoms with Crippen LogP contribution in [-0.2, 0) is 14.3 Å². The SMILES string of the molecule is CCOC(=O)C1CCN(C(=O)CSc2c(Cl)cccc2Cl)CC1. The van der Waals surface area contributed by atoms with E-state index in [1.807, 2.05) is 0 Å². The summed E-state index contributed by atoms with van der Waals surface area (Å²) in [4.78, 5) is 26.5. The number of hydrogen-bond acceptors (Lipinski definition) is 4. The van der Waals surface area contributed by atoms with Crippen LogP contribution in [0.4, 0.5) is 0 Å². The zero-order chi connectivity index (χ0) is 16.8. The van der Waals surface area contributed by atoms with Crippen LogP contribution in [0.3, 0.4) is 0 Å². The molecular weight excluding hydrogens is 357 g/mol. The second kappa shape index (κ2) is 8.81. The van der Waals surface area contributed by atoms with Gasteiger partial charge in [0.25, 0.3) is 0 Å². The van der Waals surface area contributed by atoms with Crippen molar-refractivity contribution in [3.05, 3.63) is 28.2 Å². The summed E-state index contributed by atoms with van der Waals surface area (Å²) in [7, 11) is 0. The highest BCUT2D eigenvalue weighted by Crippen LogP contribution is 2.34. The second-order valence-electron chi connectivity index (χ2n) is 5.25. The van der Waals surface area contributed by atoms with Gasteiger partial charge in [0.05, 0.1) is 28.3 Å². The van der Waals surface area contributed by atoms with E-state index in [9.17, 15) is 9.59 Å².